The van der Waals surface area contributed by atoms with Crippen LogP contribution in [-0.4, -0.2) is 24.9 Å². The van der Waals surface area contributed by atoms with Crippen molar-refractivity contribution in [3.63, 3.8) is 0 Å². The second-order valence-corrected chi connectivity index (χ2v) is 2.45. The highest BCUT2D eigenvalue weighted by molar-refractivity contribution is 4.35. The Balaban J connectivity index is 3.34. The average molecular weight is 160 g/mol. The maximum Gasteiger partial charge on any atom is 0.0699 e. The number of nitrogens with zero attached hydrogens (tertiary/aromatic N) is 1. The number of hydrogen-bond acceptors (Lipinski definition) is 3. The quantitative estimate of drug-likeness (QED) is 0.572. The van der Waals surface area contributed by atoms with Gasteiger partial charge in [0.15, 0.2) is 0 Å². The number of hydroxylamine groups is 1. The number of hydrogen-bond donors (Lipinski definition) is 1. The van der Waals surface area contributed by atoms with Gasteiger partial charge in [-0.15, -0.1) is 5.17 Å². The van der Waals surface area contributed by atoms with Gasteiger partial charge < -0.3 is 0 Å². The molecule has 0 fully saturated rings. The Kier molecular flexibility index (Phi) is 7.89. The van der Waals surface area contributed by atoms with Gasteiger partial charge in [-0.3, -0.25) is 4.84 Å². The third-order valence-electron chi connectivity index (χ3n) is 1.21. The van der Waals surface area contributed by atoms with Crippen molar-refractivity contribution in [2.45, 2.75) is 33.6 Å². The van der Waals surface area contributed by atoms with Crippen LogP contribution in [0.1, 0.15) is 33.6 Å². The molecule has 0 atom stereocenters. The predicted octanol–water partition coefficient (Wildman–Crippen LogP) is 1.56. The highest BCUT2D eigenvalue weighted by atomic mass is 16.7. The van der Waals surface area contributed by atoms with Crippen LogP contribution in [0, 0.1) is 0 Å². The number of nitrogens with one attached hydrogen (secondary N) is 1. The zero-order valence-corrected chi connectivity index (χ0v) is 7.89. The van der Waals surface area contributed by atoms with E-state index in [0.717, 1.165) is 32.5 Å². The molecule has 0 rings (SSSR count). The molecule has 0 unspecified atom stereocenters. The van der Waals surface area contributed by atoms with Crippen molar-refractivity contribution in [1.29, 1.82) is 0 Å². The van der Waals surface area contributed by atoms with Gasteiger partial charge in [0.2, 0.25) is 0 Å². The summed E-state index contributed by atoms with van der Waals surface area (Å²) in [6, 6.07) is 0. The fourth-order valence-electron chi connectivity index (χ4n) is 0.770. The van der Waals surface area contributed by atoms with E-state index in [1.165, 1.54) is 0 Å². The molecule has 0 radical (unpaired) electrons. The van der Waals surface area contributed by atoms with E-state index in [1.807, 2.05) is 5.17 Å². The Bertz CT molecular complexity index is 72.5. The highest BCUT2D eigenvalue weighted by Gasteiger charge is 1.99. The second kappa shape index (κ2) is 7.98. The summed E-state index contributed by atoms with van der Waals surface area (Å²) >= 11 is 0. The maximum atomic E-state index is 5.39. The minimum absolute atomic E-state index is 0.799. The second-order valence-electron chi connectivity index (χ2n) is 2.45. The minimum atomic E-state index is 0.799. The third kappa shape index (κ3) is 6.28. The van der Waals surface area contributed by atoms with Crippen LogP contribution in [0.3, 0.4) is 0 Å². The summed E-state index contributed by atoms with van der Waals surface area (Å²) in [5.74, 6) is 0. The molecule has 0 aliphatic carbocycles. The Morgan fingerprint density at radius 3 is 2.36 bits per heavy atom. The molecule has 1 N–H and O–H groups in total. The minimum Gasteiger partial charge on any atom is -0.284 e. The molecule has 0 aromatic rings. The van der Waals surface area contributed by atoms with E-state index in [2.05, 4.69) is 26.2 Å². The zero-order valence-electron chi connectivity index (χ0n) is 7.89. The number of hydrazine groups is 1. The van der Waals surface area contributed by atoms with E-state index < -0.39 is 0 Å². The molecule has 0 saturated heterocycles. The van der Waals surface area contributed by atoms with Crippen LogP contribution < -0.4 is 5.43 Å². The van der Waals surface area contributed by atoms with E-state index in [9.17, 15) is 0 Å². The van der Waals surface area contributed by atoms with E-state index in [-0.39, 0.29) is 0 Å². The van der Waals surface area contributed by atoms with Gasteiger partial charge in [-0.2, -0.15) is 0 Å². The van der Waals surface area contributed by atoms with Crippen LogP contribution in [0.4, 0.5) is 0 Å². The topological polar surface area (TPSA) is 24.5 Å². The largest absolute Gasteiger partial charge is 0.284 e. The van der Waals surface area contributed by atoms with Gasteiger partial charge in [-0.05, 0) is 12.8 Å². The molecule has 0 aromatic heterocycles. The average Bonchev–Trinajstić information content (AvgIpc) is 2.01. The lowest BCUT2D eigenvalue weighted by Gasteiger charge is -2.20. The Morgan fingerprint density at radius 2 is 1.91 bits per heavy atom. The van der Waals surface area contributed by atoms with Crippen LogP contribution in [-0.2, 0) is 4.84 Å². The summed E-state index contributed by atoms with van der Waals surface area (Å²) < 4.78 is 0. The van der Waals surface area contributed by atoms with Crippen molar-refractivity contribution in [2.24, 2.45) is 0 Å². The Morgan fingerprint density at radius 1 is 1.18 bits per heavy atom. The summed E-state index contributed by atoms with van der Waals surface area (Å²) in [5.41, 5.74) is 3.13. The first-order valence-electron chi connectivity index (χ1n) is 4.49. The Hall–Kier alpha value is -0.120. The molecule has 3 nitrogen and oxygen atoms in total. The third-order valence-corrected chi connectivity index (χ3v) is 1.21. The maximum absolute atomic E-state index is 5.39. The molecule has 0 aliphatic heterocycles. The normalized spacial score (nSPS) is 10.9. The van der Waals surface area contributed by atoms with Gasteiger partial charge >= 0.3 is 0 Å². The van der Waals surface area contributed by atoms with Gasteiger partial charge in [-0.25, -0.2) is 5.43 Å². The summed E-state index contributed by atoms with van der Waals surface area (Å²) in [6.07, 6.45) is 2.17. The molecule has 0 spiro atoms. The lowest BCUT2D eigenvalue weighted by atomic mass is 10.5. The van der Waals surface area contributed by atoms with Crippen molar-refractivity contribution in [2.75, 3.05) is 19.7 Å². The van der Waals surface area contributed by atoms with Gasteiger partial charge in [0.05, 0.1) is 6.61 Å². The van der Waals surface area contributed by atoms with Crippen LogP contribution in [0.5, 0.6) is 0 Å². The predicted molar refractivity (Wildman–Crippen MR) is 46.9 cm³/mol. The summed E-state index contributed by atoms with van der Waals surface area (Å²) in [6.45, 7) is 8.98. The van der Waals surface area contributed by atoms with Crippen molar-refractivity contribution < 1.29 is 4.84 Å². The molecule has 0 bridgehead atoms. The molecule has 0 heterocycles. The summed E-state index contributed by atoms with van der Waals surface area (Å²) in [5, 5.41) is 1.82. The molecule has 0 aliphatic rings. The van der Waals surface area contributed by atoms with Gasteiger partial charge in [-0.1, -0.05) is 20.8 Å². The van der Waals surface area contributed by atoms with Crippen molar-refractivity contribution >= 4 is 0 Å². The first-order valence-corrected chi connectivity index (χ1v) is 4.49. The molecule has 3 heteroatoms. The monoisotopic (exact) mass is 160 g/mol. The van der Waals surface area contributed by atoms with Crippen molar-refractivity contribution in [1.82, 2.24) is 10.6 Å². The molecule has 11 heavy (non-hydrogen) atoms. The van der Waals surface area contributed by atoms with E-state index in [0.29, 0.717) is 0 Å². The molecular formula is C8H20N2O. The zero-order chi connectivity index (χ0) is 8.53. The molecule has 0 aromatic carbocycles. The van der Waals surface area contributed by atoms with Crippen LogP contribution in [0.25, 0.3) is 0 Å². The summed E-state index contributed by atoms with van der Waals surface area (Å²) in [4.78, 5) is 5.39. The molecular weight excluding hydrogens is 140 g/mol. The van der Waals surface area contributed by atoms with Crippen LogP contribution in [0.2, 0.25) is 0 Å². The van der Waals surface area contributed by atoms with Crippen LogP contribution >= 0.6 is 0 Å². The number of rotatable bonds is 7. The van der Waals surface area contributed by atoms with Gasteiger partial charge in [0.25, 0.3) is 0 Å². The molecule has 0 amide bonds. The molecule has 68 valence electrons. The van der Waals surface area contributed by atoms with Crippen molar-refractivity contribution in [3.8, 4) is 0 Å². The molecule has 0 saturated carbocycles. The van der Waals surface area contributed by atoms with E-state index >= 15 is 0 Å². The van der Waals surface area contributed by atoms with E-state index in [1.54, 1.807) is 0 Å². The lowest BCUT2D eigenvalue weighted by Crippen LogP contribution is -2.38. The first kappa shape index (κ1) is 10.9. The van der Waals surface area contributed by atoms with Crippen LogP contribution in [0.15, 0.2) is 0 Å². The lowest BCUT2D eigenvalue weighted by molar-refractivity contribution is -0.194. The fourth-order valence-corrected chi connectivity index (χ4v) is 0.770. The smallest absolute Gasteiger partial charge is 0.0699 e. The van der Waals surface area contributed by atoms with Crippen molar-refractivity contribution in [3.05, 3.63) is 0 Å². The van der Waals surface area contributed by atoms with Gasteiger partial charge in [0.1, 0.15) is 0 Å². The summed E-state index contributed by atoms with van der Waals surface area (Å²) in [7, 11) is 0. The van der Waals surface area contributed by atoms with E-state index in [4.69, 9.17) is 4.84 Å². The first-order chi connectivity index (χ1) is 5.35. The Labute approximate surface area is 69.6 Å². The highest BCUT2D eigenvalue weighted by Crippen LogP contribution is 1.89. The van der Waals surface area contributed by atoms with Gasteiger partial charge in [0, 0.05) is 13.1 Å². The fraction of sp³-hybridized carbons (Fsp3) is 1.00. The SMILES string of the molecule is CCCON(CCC)NCC. The standard InChI is InChI=1S/C8H20N2O/c1-4-7-10(9-6-3)11-8-5-2/h9H,4-8H2,1-3H3.